The molecule has 2 aromatic rings. The van der Waals surface area contributed by atoms with E-state index in [-0.39, 0.29) is 34.2 Å². The lowest BCUT2D eigenvalue weighted by atomic mass is 10.1. The molecule has 10 heteroatoms. The van der Waals surface area contributed by atoms with Crippen molar-refractivity contribution in [3.05, 3.63) is 64.1 Å². The Balaban J connectivity index is 2.44. The smallest absolute Gasteiger partial charge is 0.244 e. The van der Waals surface area contributed by atoms with Gasteiger partial charge < -0.3 is 10.2 Å². The summed E-state index contributed by atoms with van der Waals surface area (Å²) in [4.78, 5) is 28.1. The van der Waals surface area contributed by atoms with E-state index in [4.69, 9.17) is 23.2 Å². The summed E-state index contributed by atoms with van der Waals surface area (Å²) in [5, 5.41) is 3.41. The maximum atomic E-state index is 13.6. The van der Waals surface area contributed by atoms with Gasteiger partial charge in [-0.25, -0.2) is 8.42 Å². The number of amides is 2. The second kappa shape index (κ2) is 12.4. The summed E-state index contributed by atoms with van der Waals surface area (Å²) in [6.07, 6.45) is 2.11. The quantitative estimate of drug-likeness (QED) is 0.466. The second-order valence-electron chi connectivity index (χ2n) is 8.15. The van der Waals surface area contributed by atoms with Gasteiger partial charge in [-0.2, -0.15) is 0 Å². The van der Waals surface area contributed by atoms with Crippen molar-refractivity contribution in [1.29, 1.82) is 0 Å². The monoisotopic (exact) mass is 527 g/mol. The number of nitrogens with one attached hydrogen (secondary N) is 1. The molecule has 0 radical (unpaired) electrons. The van der Waals surface area contributed by atoms with E-state index >= 15 is 0 Å². The van der Waals surface area contributed by atoms with Crippen LogP contribution in [0.4, 0.5) is 5.69 Å². The zero-order valence-corrected chi connectivity index (χ0v) is 22.1. The largest absolute Gasteiger partial charge is 0.352 e. The topological polar surface area (TPSA) is 86.8 Å². The Morgan fingerprint density at radius 3 is 2.09 bits per heavy atom. The van der Waals surface area contributed by atoms with E-state index in [0.717, 1.165) is 22.5 Å². The Morgan fingerprint density at radius 1 is 1.00 bits per heavy atom. The van der Waals surface area contributed by atoms with Crippen LogP contribution in [0.2, 0.25) is 10.0 Å². The van der Waals surface area contributed by atoms with Crippen LogP contribution in [0, 0.1) is 0 Å². The first-order chi connectivity index (χ1) is 16.0. The van der Waals surface area contributed by atoms with Gasteiger partial charge in [0.15, 0.2) is 0 Å². The minimum atomic E-state index is -3.86. The van der Waals surface area contributed by atoms with Gasteiger partial charge >= 0.3 is 0 Å². The molecule has 0 bridgehead atoms. The van der Waals surface area contributed by atoms with Crippen molar-refractivity contribution in [3.63, 3.8) is 0 Å². The summed E-state index contributed by atoms with van der Waals surface area (Å²) in [7, 11) is -3.86. The van der Waals surface area contributed by atoms with Crippen molar-refractivity contribution in [2.24, 2.45) is 0 Å². The molecule has 7 nitrogen and oxygen atoms in total. The number of hydrogen-bond donors (Lipinski definition) is 1. The number of carbonyl (C=O) groups excluding carboxylic acids is 2. The highest BCUT2D eigenvalue weighted by Gasteiger charge is 2.32. The highest BCUT2D eigenvalue weighted by atomic mass is 35.5. The van der Waals surface area contributed by atoms with Gasteiger partial charge in [0, 0.05) is 22.6 Å². The molecule has 0 saturated heterocycles. The molecule has 0 unspecified atom stereocenters. The number of halogens is 2. The fourth-order valence-corrected chi connectivity index (χ4v) is 4.79. The molecular formula is C24H31Cl2N3O4S. The lowest BCUT2D eigenvalue weighted by Gasteiger charge is -2.33. The molecule has 2 amide bonds. The number of benzene rings is 2. The van der Waals surface area contributed by atoms with E-state index in [1.807, 2.05) is 51.1 Å². The van der Waals surface area contributed by atoms with E-state index < -0.39 is 28.5 Å². The van der Waals surface area contributed by atoms with Gasteiger partial charge in [0.2, 0.25) is 21.8 Å². The maximum absolute atomic E-state index is 13.6. The molecule has 0 saturated carbocycles. The molecule has 186 valence electrons. The minimum Gasteiger partial charge on any atom is -0.352 e. The molecule has 34 heavy (non-hydrogen) atoms. The highest BCUT2D eigenvalue weighted by molar-refractivity contribution is 7.92. The first-order valence-electron chi connectivity index (χ1n) is 11.0. The molecule has 2 atom stereocenters. The number of carbonyl (C=O) groups is 2. The fourth-order valence-electron chi connectivity index (χ4n) is 3.44. The van der Waals surface area contributed by atoms with Crippen LogP contribution < -0.4 is 9.62 Å². The summed E-state index contributed by atoms with van der Waals surface area (Å²) in [6.45, 7) is 5.31. The van der Waals surface area contributed by atoms with Crippen molar-refractivity contribution < 1.29 is 18.0 Å². The van der Waals surface area contributed by atoms with Crippen molar-refractivity contribution in [3.8, 4) is 0 Å². The Labute approximate surface area is 212 Å². The molecule has 0 fully saturated rings. The Bertz CT molecular complexity index is 1080. The van der Waals surface area contributed by atoms with Crippen molar-refractivity contribution in [1.82, 2.24) is 10.2 Å². The average Bonchev–Trinajstić information content (AvgIpc) is 2.76. The molecule has 2 rings (SSSR count). The fraction of sp³-hybridized carbons (Fsp3) is 0.417. The van der Waals surface area contributed by atoms with Gasteiger partial charge in [0.25, 0.3) is 0 Å². The van der Waals surface area contributed by atoms with Gasteiger partial charge in [-0.15, -0.1) is 0 Å². The zero-order valence-electron chi connectivity index (χ0n) is 19.8. The van der Waals surface area contributed by atoms with Crippen molar-refractivity contribution in [2.75, 3.05) is 17.1 Å². The average molecular weight is 529 g/mol. The van der Waals surface area contributed by atoms with Crippen LogP contribution in [-0.4, -0.2) is 50.0 Å². The van der Waals surface area contributed by atoms with E-state index in [0.29, 0.717) is 6.42 Å². The van der Waals surface area contributed by atoms with Gasteiger partial charge in [-0.3, -0.25) is 13.9 Å². The Hall–Kier alpha value is -2.29. The van der Waals surface area contributed by atoms with Crippen molar-refractivity contribution in [2.45, 2.75) is 52.2 Å². The summed E-state index contributed by atoms with van der Waals surface area (Å²) in [6, 6.07) is 12.7. The summed E-state index contributed by atoms with van der Waals surface area (Å²) < 4.78 is 26.2. The molecule has 2 aromatic carbocycles. The van der Waals surface area contributed by atoms with E-state index in [1.165, 1.54) is 23.1 Å². The number of rotatable bonds is 11. The summed E-state index contributed by atoms with van der Waals surface area (Å²) in [5.74, 6) is -0.797. The molecule has 0 aliphatic heterocycles. The highest BCUT2D eigenvalue weighted by Crippen LogP contribution is 2.27. The van der Waals surface area contributed by atoms with Crippen LogP contribution in [-0.2, 0) is 26.2 Å². The van der Waals surface area contributed by atoms with E-state index in [1.54, 1.807) is 0 Å². The van der Waals surface area contributed by atoms with Crippen LogP contribution in [0.3, 0.4) is 0 Å². The number of hydrogen-bond acceptors (Lipinski definition) is 4. The Kier molecular flexibility index (Phi) is 10.2. The summed E-state index contributed by atoms with van der Waals surface area (Å²) in [5.41, 5.74) is 0.993. The first kappa shape index (κ1) is 28.0. The molecule has 0 aliphatic rings. The van der Waals surface area contributed by atoms with Gasteiger partial charge in [-0.05, 0) is 43.5 Å². The van der Waals surface area contributed by atoms with Crippen LogP contribution in [0.5, 0.6) is 0 Å². The summed E-state index contributed by atoms with van der Waals surface area (Å²) >= 11 is 12.1. The lowest BCUT2D eigenvalue weighted by molar-refractivity contribution is -0.140. The second-order valence-corrected chi connectivity index (χ2v) is 10.9. The Morgan fingerprint density at radius 2 is 1.59 bits per heavy atom. The van der Waals surface area contributed by atoms with Gasteiger partial charge in [0.05, 0.1) is 11.9 Å². The molecule has 0 spiro atoms. The van der Waals surface area contributed by atoms with Crippen LogP contribution in [0.1, 0.15) is 39.2 Å². The SMILES string of the molecule is CC[C@H](C)NC(=O)[C@H](CC)N(Cc1ccccc1)C(=O)CN(c1cc(Cl)cc(Cl)c1)S(C)(=O)=O. The van der Waals surface area contributed by atoms with Crippen LogP contribution >= 0.6 is 23.2 Å². The molecule has 1 N–H and O–H groups in total. The first-order valence-corrected chi connectivity index (χ1v) is 13.6. The number of nitrogens with zero attached hydrogens (tertiary/aromatic N) is 2. The van der Waals surface area contributed by atoms with E-state index in [2.05, 4.69) is 5.32 Å². The third-order valence-electron chi connectivity index (χ3n) is 5.40. The van der Waals surface area contributed by atoms with E-state index in [9.17, 15) is 18.0 Å². The number of sulfonamides is 1. The molecule has 0 heterocycles. The maximum Gasteiger partial charge on any atom is 0.244 e. The van der Waals surface area contributed by atoms with Gasteiger partial charge in [0.1, 0.15) is 12.6 Å². The zero-order chi connectivity index (χ0) is 25.5. The third kappa shape index (κ3) is 7.89. The molecule has 0 aliphatic carbocycles. The van der Waals surface area contributed by atoms with Gasteiger partial charge in [-0.1, -0.05) is 67.4 Å². The lowest BCUT2D eigenvalue weighted by Crippen LogP contribution is -2.53. The number of anilines is 1. The third-order valence-corrected chi connectivity index (χ3v) is 6.97. The predicted molar refractivity (Wildman–Crippen MR) is 138 cm³/mol. The molecule has 0 aromatic heterocycles. The molecular weight excluding hydrogens is 497 g/mol. The normalized spacial score (nSPS) is 13.1. The van der Waals surface area contributed by atoms with Crippen LogP contribution in [0.25, 0.3) is 0 Å². The minimum absolute atomic E-state index is 0.0589. The standard InChI is InChI=1S/C24H31Cl2N3O4S/c1-5-17(3)27-24(31)22(6-2)28(15-18-10-8-7-9-11-18)23(30)16-29(34(4,32)33)21-13-19(25)12-20(26)14-21/h7-14,17,22H,5-6,15-16H2,1-4H3,(H,27,31)/t17-,22-/m0/s1. The van der Waals surface area contributed by atoms with Crippen molar-refractivity contribution >= 4 is 50.7 Å². The predicted octanol–water partition coefficient (Wildman–Crippen LogP) is 4.48. The van der Waals surface area contributed by atoms with Crippen LogP contribution in [0.15, 0.2) is 48.5 Å².